The van der Waals surface area contributed by atoms with Crippen molar-refractivity contribution in [3.8, 4) is 0 Å². The van der Waals surface area contributed by atoms with E-state index >= 15 is 0 Å². The van der Waals surface area contributed by atoms with Crippen LogP contribution in [0.1, 0.15) is 54.9 Å². The SMILES string of the molecule is CC(C)CC(C=O)C(C)(C)C(C)(C)C. The van der Waals surface area contributed by atoms with Crippen molar-refractivity contribution in [3.63, 3.8) is 0 Å². The molecule has 0 rings (SSSR count). The Morgan fingerprint density at radius 3 is 1.71 bits per heavy atom. The van der Waals surface area contributed by atoms with Gasteiger partial charge >= 0.3 is 0 Å². The van der Waals surface area contributed by atoms with Crippen LogP contribution in [-0.2, 0) is 4.79 Å². The van der Waals surface area contributed by atoms with Crippen LogP contribution in [0.25, 0.3) is 0 Å². The van der Waals surface area contributed by atoms with E-state index in [-0.39, 0.29) is 16.7 Å². The van der Waals surface area contributed by atoms with Gasteiger partial charge in [0.2, 0.25) is 0 Å². The molecule has 0 saturated heterocycles. The van der Waals surface area contributed by atoms with Crippen molar-refractivity contribution in [2.75, 3.05) is 0 Å². The maximum atomic E-state index is 11.1. The van der Waals surface area contributed by atoms with Crippen molar-refractivity contribution in [2.24, 2.45) is 22.7 Å². The molecule has 1 unspecified atom stereocenters. The predicted molar refractivity (Wildman–Crippen MR) is 62.2 cm³/mol. The minimum absolute atomic E-state index is 0.0685. The average Bonchev–Trinajstić information content (AvgIpc) is 1.97. The molecule has 1 atom stereocenters. The first-order valence-electron chi connectivity index (χ1n) is 5.58. The molecule has 0 fully saturated rings. The molecule has 0 heterocycles. The first kappa shape index (κ1) is 13.7. The van der Waals surface area contributed by atoms with Gasteiger partial charge in [0.1, 0.15) is 6.29 Å². The summed E-state index contributed by atoms with van der Waals surface area (Å²) in [7, 11) is 0. The number of aldehydes is 1. The third kappa shape index (κ3) is 3.11. The Morgan fingerprint density at radius 1 is 1.07 bits per heavy atom. The van der Waals surface area contributed by atoms with Gasteiger partial charge in [0.15, 0.2) is 0 Å². The molecule has 0 aliphatic heterocycles. The van der Waals surface area contributed by atoms with Crippen LogP contribution in [0.4, 0.5) is 0 Å². The van der Waals surface area contributed by atoms with Crippen LogP contribution in [0.5, 0.6) is 0 Å². The van der Waals surface area contributed by atoms with E-state index in [1.165, 1.54) is 0 Å². The maximum Gasteiger partial charge on any atom is 0.123 e. The van der Waals surface area contributed by atoms with Crippen molar-refractivity contribution in [3.05, 3.63) is 0 Å². The molecule has 14 heavy (non-hydrogen) atoms. The fourth-order valence-electron chi connectivity index (χ4n) is 1.58. The smallest absolute Gasteiger partial charge is 0.123 e. The number of carbonyl (C=O) groups is 1. The lowest BCUT2D eigenvalue weighted by Gasteiger charge is -2.43. The van der Waals surface area contributed by atoms with Crippen LogP contribution in [0.2, 0.25) is 0 Å². The minimum atomic E-state index is 0.0685. The van der Waals surface area contributed by atoms with Gasteiger partial charge < -0.3 is 4.79 Å². The Hall–Kier alpha value is -0.330. The lowest BCUT2D eigenvalue weighted by molar-refractivity contribution is -0.118. The molecular formula is C13H26O. The first-order valence-corrected chi connectivity index (χ1v) is 5.58. The molecule has 0 radical (unpaired) electrons. The minimum Gasteiger partial charge on any atom is -0.303 e. The molecule has 0 aromatic heterocycles. The summed E-state index contributed by atoms with van der Waals surface area (Å²) in [5, 5.41) is 0. The van der Waals surface area contributed by atoms with Crippen LogP contribution in [0.15, 0.2) is 0 Å². The summed E-state index contributed by atoms with van der Waals surface area (Å²) in [6.07, 6.45) is 2.14. The maximum absolute atomic E-state index is 11.1. The van der Waals surface area contributed by atoms with Gasteiger partial charge in [-0.15, -0.1) is 0 Å². The zero-order chi connectivity index (χ0) is 11.6. The topological polar surface area (TPSA) is 17.1 Å². The summed E-state index contributed by atoms with van der Waals surface area (Å²) in [6, 6.07) is 0. The van der Waals surface area contributed by atoms with Gasteiger partial charge in [0, 0.05) is 5.92 Å². The monoisotopic (exact) mass is 198 g/mol. The van der Waals surface area contributed by atoms with Gasteiger partial charge in [-0.05, 0) is 23.2 Å². The van der Waals surface area contributed by atoms with Crippen LogP contribution < -0.4 is 0 Å². The van der Waals surface area contributed by atoms with Gasteiger partial charge in [-0.2, -0.15) is 0 Å². The number of hydrogen-bond donors (Lipinski definition) is 0. The Balaban J connectivity index is 4.74. The normalized spacial score (nSPS) is 15.7. The van der Waals surface area contributed by atoms with Gasteiger partial charge in [-0.25, -0.2) is 0 Å². The van der Waals surface area contributed by atoms with E-state index in [1.54, 1.807) is 0 Å². The molecule has 0 aromatic carbocycles. The molecule has 0 aliphatic rings. The van der Waals surface area contributed by atoms with Crippen LogP contribution in [0.3, 0.4) is 0 Å². The van der Waals surface area contributed by atoms with Gasteiger partial charge in [0.05, 0.1) is 0 Å². The third-order valence-electron chi connectivity index (χ3n) is 3.75. The highest BCUT2D eigenvalue weighted by molar-refractivity contribution is 5.55. The highest BCUT2D eigenvalue weighted by Gasteiger charge is 2.39. The molecule has 0 saturated carbocycles. The largest absolute Gasteiger partial charge is 0.303 e. The molecule has 0 aliphatic carbocycles. The Bertz CT molecular complexity index is 184. The number of carbonyl (C=O) groups excluding carboxylic acids is 1. The van der Waals surface area contributed by atoms with E-state index < -0.39 is 0 Å². The zero-order valence-corrected chi connectivity index (χ0v) is 10.8. The summed E-state index contributed by atoms with van der Waals surface area (Å²) in [5.41, 5.74) is 0.243. The lowest BCUT2D eigenvalue weighted by Crippen LogP contribution is -2.38. The standard InChI is InChI=1S/C13H26O/c1-10(2)8-11(9-14)13(6,7)12(3,4)5/h9-11H,8H2,1-7H3. The van der Waals surface area contributed by atoms with Crippen molar-refractivity contribution in [2.45, 2.75) is 54.9 Å². The predicted octanol–water partition coefficient (Wildman–Crippen LogP) is 3.92. The van der Waals surface area contributed by atoms with E-state index in [0.717, 1.165) is 12.7 Å². The molecule has 0 amide bonds. The van der Waals surface area contributed by atoms with E-state index in [0.29, 0.717) is 5.92 Å². The zero-order valence-electron chi connectivity index (χ0n) is 10.8. The molecule has 1 heteroatoms. The summed E-state index contributed by atoms with van der Waals surface area (Å²) in [5.74, 6) is 0.759. The molecule has 0 N–H and O–H groups in total. The summed E-state index contributed by atoms with van der Waals surface area (Å²) < 4.78 is 0. The Morgan fingerprint density at radius 2 is 1.50 bits per heavy atom. The fraction of sp³-hybridized carbons (Fsp3) is 0.923. The molecule has 0 aromatic rings. The number of hydrogen-bond acceptors (Lipinski definition) is 1. The second-order valence-electron chi connectivity index (χ2n) is 6.34. The molecule has 1 nitrogen and oxygen atoms in total. The first-order chi connectivity index (χ1) is 6.13. The van der Waals surface area contributed by atoms with Crippen molar-refractivity contribution in [1.82, 2.24) is 0 Å². The fourth-order valence-corrected chi connectivity index (χ4v) is 1.58. The van der Waals surface area contributed by atoms with Gasteiger partial charge in [-0.3, -0.25) is 0 Å². The highest BCUT2D eigenvalue weighted by atomic mass is 16.1. The van der Waals surface area contributed by atoms with Crippen molar-refractivity contribution < 1.29 is 4.79 Å². The van der Waals surface area contributed by atoms with Crippen LogP contribution in [0, 0.1) is 22.7 Å². The summed E-state index contributed by atoms with van der Waals surface area (Å²) >= 11 is 0. The van der Waals surface area contributed by atoms with Gasteiger partial charge in [0.25, 0.3) is 0 Å². The second-order valence-corrected chi connectivity index (χ2v) is 6.34. The highest BCUT2D eigenvalue weighted by Crippen LogP contribution is 2.45. The Labute approximate surface area is 89.3 Å². The van der Waals surface area contributed by atoms with Crippen LogP contribution in [-0.4, -0.2) is 6.29 Å². The van der Waals surface area contributed by atoms with Crippen LogP contribution >= 0.6 is 0 Å². The molecule has 84 valence electrons. The average molecular weight is 198 g/mol. The summed E-state index contributed by atoms with van der Waals surface area (Å²) in [6.45, 7) is 15.4. The van der Waals surface area contributed by atoms with E-state index in [4.69, 9.17) is 0 Å². The molecule has 0 spiro atoms. The van der Waals surface area contributed by atoms with E-state index in [1.807, 2.05) is 0 Å². The van der Waals surface area contributed by atoms with E-state index in [9.17, 15) is 4.79 Å². The summed E-state index contributed by atoms with van der Waals surface area (Å²) in [4.78, 5) is 11.1. The number of rotatable bonds is 4. The lowest BCUT2D eigenvalue weighted by atomic mass is 9.61. The third-order valence-corrected chi connectivity index (χ3v) is 3.75. The van der Waals surface area contributed by atoms with Crippen molar-refractivity contribution >= 4 is 6.29 Å². The van der Waals surface area contributed by atoms with Crippen molar-refractivity contribution in [1.29, 1.82) is 0 Å². The van der Waals surface area contributed by atoms with E-state index in [2.05, 4.69) is 48.5 Å². The Kier molecular flexibility index (Phi) is 4.35. The molecule has 0 bridgehead atoms. The second kappa shape index (κ2) is 4.46. The van der Waals surface area contributed by atoms with Gasteiger partial charge in [-0.1, -0.05) is 48.5 Å². The molecular weight excluding hydrogens is 172 g/mol. The quantitative estimate of drug-likeness (QED) is 0.626.